The highest BCUT2D eigenvalue weighted by molar-refractivity contribution is 5.93. The first kappa shape index (κ1) is 9.67. The van der Waals surface area contributed by atoms with E-state index in [0.29, 0.717) is 18.5 Å². The van der Waals surface area contributed by atoms with E-state index in [2.05, 4.69) is 10.3 Å². The molecule has 1 radical (unpaired) electrons. The highest BCUT2D eigenvalue weighted by atomic mass is 16.3. The molecule has 0 aromatic carbocycles. The Labute approximate surface area is 76.6 Å². The van der Waals surface area contributed by atoms with Gasteiger partial charge < -0.3 is 5.32 Å². The molecule has 1 aromatic heterocycles. The van der Waals surface area contributed by atoms with Gasteiger partial charge in [-0.05, 0) is 18.6 Å². The minimum absolute atomic E-state index is 0.159. The van der Waals surface area contributed by atoms with Crippen LogP contribution in [0.5, 0.6) is 0 Å². The van der Waals surface area contributed by atoms with Gasteiger partial charge in [-0.15, -0.1) is 0 Å². The third kappa shape index (κ3) is 3.21. The average molecular weight is 179 g/mol. The van der Waals surface area contributed by atoms with Gasteiger partial charge in [0.1, 0.15) is 0 Å². The number of aromatic nitrogens is 1. The third-order valence-corrected chi connectivity index (χ3v) is 1.53. The van der Waals surface area contributed by atoms with Gasteiger partial charge in [-0.25, -0.2) is 5.11 Å². The van der Waals surface area contributed by atoms with Crippen LogP contribution in [0.3, 0.4) is 0 Å². The number of hydrogen-bond acceptors (Lipinski definition) is 2. The van der Waals surface area contributed by atoms with Crippen LogP contribution in [0, 0.1) is 0 Å². The van der Waals surface area contributed by atoms with Gasteiger partial charge >= 0.3 is 0 Å². The fourth-order valence-electron chi connectivity index (χ4n) is 0.873. The van der Waals surface area contributed by atoms with Crippen molar-refractivity contribution in [3.05, 3.63) is 30.1 Å². The molecule has 69 valence electrons. The van der Waals surface area contributed by atoms with Crippen molar-refractivity contribution in [1.29, 1.82) is 0 Å². The van der Waals surface area contributed by atoms with Crippen molar-refractivity contribution in [2.75, 3.05) is 13.2 Å². The molecule has 0 fully saturated rings. The zero-order valence-corrected chi connectivity index (χ0v) is 7.19. The molecule has 0 unspecified atom stereocenters. The highest BCUT2D eigenvalue weighted by Gasteiger charge is 2.02. The van der Waals surface area contributed by atoms with Crippen molar-refractivity contribution in [3.63, 3.8) is 0 Å². The molecule has 0 aliphatic carbocycles. The van der Waals surface area contributed by atoms with E-state index >= 15 is 0 Å². The Morgan fingerprint density at radius 2 is 2.38 bits per heavy atom. The van der Waals surface area contributed by atoms with Gasteiger partial charge in [-0.2, -0.15) is 0 Å². The molecule has 0 saturated carbocycles. The summed E-state index contributed by atoms with van der Waals surface area (Å²) in [5.41, 5.74) is 0.522. The molecule has 1 N–H and O–H groups in total. The fourth-order valence-corrected chi connectivity index (χ4v) is 0.873. The fraction of sp³-hybridized carbons (Fsp3) is 0.333. The van der Waals surface area contributed by atoms with Crippen LogP contribution < -0.4 is 5.32 Å². The Hall–Kier alpha value is -1.42. The summed E-state index contributed by atoms with van der Waals surface area (Å²) in [5.74, 6) is -0.179. The number of nitrogens with one attached hydrogen (secondary N) is 1. The number of amides is 1. The first-order valence-corrected chi connectivity index (χ1v) is 4.11. The van der Waals surface area contributed by atoms with E-state index in [1.54, 1.807) is 18.3 Å². The Kier molecular flexibility index (Phi) is 3.92. The van der Waals surface area contributed by atoms with Gasteiger partial charge in [-0.1, -0.05) is 0 Å². The Balaban J connectivity index is 2.40. The molecule has 4 nitrogen and oxygen atoms in total. The van der Waals surface area contributed by atoms with Crippen LogP contribution in [-0.4, -0.2) is 24.0 Å². The van der Waals surface area contributed by atoms with Crippen molar-refractivity contribution in [3.8, 4) is 0 Å². The number of carbonyl (C=O) groups is 1. The van der Waals surface area contributed by atoms with Gasteiger partial charge in [0.2, 0.25) is 0 Å². The summed E-state index contributed by atoms with van der Waals surface area (Å²) in [5, 5.41) is 12.7. The molecule has 1 rings (SSSR count). The summed E-state index contributed by atoms with van der Waals surface area (Å²) < 4.78 is 0. The monoisotopic (exact) mass is 179 g/mol. The van der Waals surface area contributed by atoms with E-state index in [9.17, 15) is 9.90 Å². The summed E-state index contributed by atoms with van der Waals surface area (Å²) in [6.45, 7) is 0.268. The molecule has 0 atom stereocenters. The minimum atomic E-state index is -0.179. The first-order chi connectivity index (χ1) is 6.34. The lowest BCUT2D eigenvalue weighted by atomic mass is 10.2. The quantitative estimate of drug-likeness (QED) is 0.689. The lowest BCUT2D eigenvalue weighted by Crippen LogP contribution is -2.24. The van der Waals surface area contributed by atoms with Crippen LogP contribution in [0.1, 0.15) is 16.8 Å². The second-order valence-electron chi connectivity index (χ2n) is 2.56. The molecule has 0 saturated heterocycles. The van der Waals surface area contributed by atoms with E-state index in [1.165, 1.54) is 6.20 Å². The van der Waals surface area contributed by atoms with Gasteiger partial charge in [0.25, 0.3) is 5.91 Å². The molecule has 0 aliphatic heterocycles. The average Bonchev–Trinajstić information content (AvgIpc) is 2.19. The van der Waals surface area contributed by atoms with E-state index < -0.39 is 0 Å². The molecular formula is C9H11N2O2. The standard InChI is InChI=1S/C9H11N2O2/c12-6-2-5-11-9(13)8-3-1-4-10-7-8/h1,3-4,7H,2,5-6H2,(H,11,13). The van der Waals surface area contributed by atoms with E-state index in [0.717, 1.165) is 0 Å². The largest absolute Gasteiger partial charge is 0.352 e. The molecule has 13 heavy (non-hydrogen) atoms. The summed E-state index contributed by atoms with van der Waals surface area (Å²) in [6.07, 6.45) is 3.56. The van der Waals surface area contributed by atoms with E-state index in [-0.39, 0.29) is 12.5 Å². The first-order valence-electron chi connectivity index (χ1n) is 4.11. The number of hydrogen-bond donors (Lipinski definition) is 1. The third-order valence-electron chi connectivity index (χ3n) is 1.53. The lowest BCUT2D eigenvalue weighted by molar-refractivity contribution is 0.0948. The minimum Gasteiger partial charge on any atom is -0.352 e. The van der Waals surface area contributed by atoms with Crippen molar-refractivity contribution >= 4 is 5.91 Å². The van der Waals surface area contributed by atoms with Crippen LogP contribution >= 0.6 is 0 Å². The van der Waals surface area contributed by atoms with Crippen LogP contribution in [0.4, 0.5) is 0 Å². The van der Waals surface area contributed by atoms with Crippen molar-refractivity contribution < 1.29 is 9.90 Å². The molecule has 0 bridgehead atoms. The molecular weight excluding hydrogens is 168 g/mol. The molecule has 0 spiro atoms. The SMILES string of the molecule is [O]CCCNC(=O)c1cccnc1. The second-order valence-corrected chi connectivity index (χ2v) is 2.56. The van der Waals surface area contributed by atoms with Gasteiger partial charge in [-0.3, -0.25) is 9.78 Å². The van der Waals surface area contributed by atoms with Crippen LogP contribution in [0.15, 0.2) is 24.5 Å². The maximum Gasteiger partial charge on any atom is 0.252 e. The zero-order chi connectivity index (χ0) is 9.52. The van der Waals surface area contributed by atoms with E-state index in [1.807, 2.05) is 0 Å². The van der Waals surface area contributed by atoms with Crippen molar-refractivity contribution in [1.82, 2.24) is 10.3 Å². The van der Waals surface area contributed by atoms with Crippen molar-refractivity contribution in [2.45, 2.75) is 6.42 Å². The summed E-state index contributed by atoms with van der Waals surface area (Å²) >= 11 is 0. The predicted molar refractivity (Wildman–Crippen MR) is 46.7 cm³/mol. The lowest BCUT2D eigenvalue weighted by Gasteiger charge is -2.01. The molecule has 4 heteroatoms. The van der Waals surface area contributed by atoms with Crippen LogP contribution in [-0.2, 0) is 5.11 Å². The van der Waals surface area contributed by atoms with Crippen LogP contribution in [0.25, 0.3) is 0 Å². The summed E-state index contributed by atoms with van der Waals surface area (Å²) in [6, 6.07) is 3.38. The van der Waals surface area contributed by atoms with E-state index in [4.69, 9.17) is 0 Å². The maximum atomic E-state index is 11.3. The van der Waals surface area contributed by atoms with Crippen molar-refractivity contribution in [2.24, 2.45) is 0 Å². The smallest absolute Gasteiger partial charge is 0.252 e. The Morgan fingerprint density at radius 1 is 1.54 bits per heavy atom. The van der Waals surface area contributed by atoms with Gasteiger partial charge in [0, 0.05) is 18.9 Å². The second kappa shape index (κ2) is 5.27. The van der Waals surface area contributed by atoms with Gasteiger partial charge in [0.15, 0.2) is 0 Å². The van der Waals surface area contributed by atoms with Crippen LogP contribution in [0.2, 0.25) is 0 Å². The maximum absolute atomic E-state index is 11.3. The molecule has 0 aliphatic rings. The number of carbonyl (C=O) groups excluding carboxylic acids is 1. The topological polar surface area (TPSA) is 61.9 Å². The van der Waals surface area contributed by atoms with Gasteiger partial charge in [0.05, 0.1) is 12.2 Å². The summed E-state index contributed by atoms with van der Waals surface area (Å²) in [4.78, 5) is 15.1. The number of pyridine rings is 1. The normalized spacial score (nSPS) is 9.62. The molecule has 1 amide bonds. The Morgan fingerprint density at radius 3 is 3.00 bits per heavy atom. The highest BCUT2D eigenvalue weighted by Crippen LogP contribution is 1.94. The predicted octanol–water partition coefficient (Wildman–Crippen LogP) is 0.632. The number of nitrogens with zero attached hydrogens (tertiary/aromatic N) is 1. The Bertz CT molecular complexity index is 262. The number of rotatable bonds is 4. The molecule has 1 heterocycles. The zero-order valence-electron chi connectivity index (χ0n) is 7.19. The molecule has 1 aromatic rings. The summed E-state index contributed by atoms with van der Waals surface area (Å²) in [7, 11) is 0.